The first-order chi connectivity index (χ1) is 9.99. The Bertz CT molecular complexity index is 685. The van der Waals surface area contributed by atoms with E-state index in [1.54, 1.807) is 36.4 Å². The number of ketones is 1. The van der Waals surface area contributed by atoms with Crippen molar-refractivity contribution in [2.45, 2.75) is 6.92 Å². The molecule has 0 bridgehead atoms. The van der Waals surface area contributed by atoms with Gasteiger partial charge < -0.3 is 5.32 Å². The third-order valence-corrected chi connectivity index (χ3v) is 3.04. The van der Waals surface area contributed by atoms with Gasteiger partial charge in [0.1, 0.15) is 5.82 Å². The molecule has 0 fully saturated rings. The Labute approximate surface area is 122 Å². The van der Waals surface area contributed by atoms with E-state index >= 15 is 0 Å². The highest BCUT2D eigenvalue weighted by molar-refractivity contribution is 6.02. The molecule has 0 spiro atoms. The number of halogens is 1. The van der Waals surface area contributed by atoms with Gasteiger partial charge in [0.05, 0.1) is 5.69 Å². The highest BCUT2D eigenvalue weighted by Crippen LogP contribution is 2.19. The van der Waals surface area contributed by atoms with Gasteiger partial charge in [-0.05, 0) is 31.2 Å². The third kappa shape index (κ3) is 3.45. The molecule has 0 unspecified atom stereocenters. The second-order valence-corrected chi connectivity index (χ2v) is 4.58. The van der Waals surface area contributed by atoms with Crippen molar-refractivity contribution in [3.63, 3.8) is 0 Å². The van der Waals surface area contributed by atoms with E-state index in [1.165, 1.54) is 31.0 Å². The molecule has 1 N–H and O–H groups in total. The molecule has 0 aliphatic carbocycles. The summed E-state index contributed by atoms with van der Waals surface area (Å²) in [5.41, 5.74) is 1.16. The maximum atomic E-state index is 13.6. The van der Waals surface area contributed by atoms with Crippen LogP contribution in [0.15, 0.2) is 48.5 Å². The summed E-state index contributed by atoms with van der Waals surface area (Å²) in [6.07, 6.45) is 0. The van der Waals surface area contributed by atoms with Crippen molar-refractivity contribution < 1.29 is 14.0 Å². The van der Waals surface area contributed by atoms with Crippen LogP contribution >= 0.6 is 0 Å². The second-order valence-electron chi connectivity index (χ2n) is 4.58. The van der Waals surface area contributed by atoms with Crippen LogP contribution in [0.25, 0.3) is 0 Å². The van der Waals surface area contributed by atoms with Crippen LogP contribution in [0, 0.1) is 5.82 Å². The zero-order valence-electron chi connectivity index (χ0n) is 11.8. The molecule has 0 aromatic heterocycles. The molecular formula is C16H15FN2O2. The summed E-state index contributed by atoms with van der Waals surface area (Å²) >= 11 is 0. The van der Waals surface area contributed by atoms with Crippen LogP contribution in [-0.4, -0.2) is 18.9 Å². The summed E-state index contributed by atoms with van der Waals surface area (Å²) in [5, 5.41) is 2.63. The first kappa shape index (κ1) is 14.7. The molecule has 21 heavy (non-hydrogen) atoms. The lowest BCUT2D eigenvalue weighted by atomic mass is 10.1. The van der Waals surface area contributed by atoms with E-state index < -0.39 is 11.8 Å². The van der Waals surface area contributed by atoms with Crippen molar-refractivity contribution in [2.24, 2.45) is 0 Å². The average Bonchev–Trinajstić information content (AvgIpc) is 2.47. The highest BCUT2D eigenvalue weighted by Gasteiger charge is 2.14. The fourth-order valence-electron chi connectivity index (χ4n) is 1.86. The predicted octanol–water partition coefficient (Wildman–Crippen LogP) is 3.70. The van der Waals surface area contributed by atoms with Crippen LogP contribution in [0.4, 0.5) is 20.6 Å². The molecule has 0 heterocycles. The number of nitrogens with one attached hydrogen (secondary N) is 1. The summed E-state index contributed by atoms with van der Waals surface area (Å²) in [7, 11) is 1.47. The molecular weight excluding hydrogens is 271 g/mol. The molecule has 0 saturated carbocycles. The van der Waals surface area contributed by atoms with Crippen LogP contribution in [0.5, 0.6) is 0 Å². The molecule has 2 aromatic rings. The Morgan fingerprint density at radius 1 is 1.10 bits per heavy atom. The minimum Gasteiger partial charge on any atom is -0.308 e. The number of carbonyl (C=O) groups is 2. The predicted molar refractivity (Wildman–Crippen MR) is 80.3 cm³/mol. The summed E-state index contributed by atoms with van der Waals surface area (Å²) in [4.78, 5) is 24.6. The van der Waals surface area contributed by atoms with E-state index in [0.29, 0.717) is 11.3 Å². The first-order valence-corrected chi connectivity index (χ1v) is 6.39. The van der Waals surface area contributed by atoms with Gasteiger partial charge in [-0.3, -0.25) is 9.69 Å². The lowest BCUT2D eigenvalue weighted by Crippen LogP contribution is -2.31. The number of amides is 2. The van der Waals surface area contributed by atoms with Crippen LogP contribution in [-0.2, 0) is 0 Å². The Morgan fingerprint density at radius 2 is 1.81 bits per heavy atom. The minimum atomic E-state index is -0.485. The van der Waals surface area contributed by atoms with Gasteiger partial charge >= 0.3 is 6.03 Å². The fourth-order valence-corrected chi connectivity index (χ4v) is 1.86. The number of Topliss-reactive ketones (excluding diaryl/α,β-unsaturated/α-hetero) is 1. The molecule has 0 aliphatic rings. The zero-order valence-corrected chi connectivity index (χ0v) is 11.8. The summed E-state index contributed by atoms with van der Waals surface area (Å²) < 4.78 is 13.6. The van der Waals surface area contributed by atoms with E-state index in [-0.39, 0.29) is 11.5 Å². The molecule has 0 radical (unpaired) electrons. The number of anilines is 2. The van der Waals surface area contributed by atoms with Crippen molar-refractivity contribution in [3.05, 3.63) is 59.9 Å². The Morgan fingerprint density at radius 3 is 2.48 bits per heavy atom. The molecule has 108 valence electrons. The summed E-state index contributed by atoms with van der Waals surface area (Å²) in [6.45, 7) is 1.45. The number of hydrogen-bond acceptors (Lipinski definition) is 2. The second kappa shape index (κ2) is 6.17. The van der Waals surface area contributed by atoms with Gasteiger partial charge in [0.25, 0.3) is 0 Å². The Kier molecular flexibility index (Phi) is 4.33. The molecule has 2 rings (SSSR count). The average molecular weight is 286 g/mol. The number of hydrogen-bond donors (Lipinski definition) is 1. The fraction of sp³-hybridized carbons (Fsp3) is 0.125. The van der Waals surface area contributed by atoms with Crippen LogP contribution in [0.2, 0.25) is 0 Å². The van der Waals surface area contributed by atoms with E-state index in [2.05, 4.69) is 5.32 Å². The van der Waals surface area contributed by atoms with E-state index in [4.69, 9.17) is 0 Å². The minimum absolute atomic E-state index is 0.0893. The van der Waals surface area contributed by atoms with E-state index in [0.717, 1.165) is 0 Å². The molecule has 2 amide bonds. The van der Waals surface area contributed by atoms with Gasteiger partial charge in [-0.2, -0.15) is 0 Å². The van der Waals surface area contributed by atoms with Gasteiger partial charge in [0.2, 0.25) is 0 Å². The smallest absolute Gasteiger partial charge is 0.308 e. The Balaban J connectivity index is 2.16. The maximum absolute atomic E-state index is 13.6. The molecule has 0 aliphatic heterocycles. The van der Waals surface area contributed by atoms with E-state index in [1.807, 2.05) is 0 Å². The van der Waals surface area contributed by atoms with Gasteiger partial charge in [-0.15, -0.1) is 0 Å². The lowest BCUT2D eigenvalue weighted by Gasteiger charge is -2.18. The molecule has 2 aromatic carbocycles. The zero-order chi connectivity index (χ0) is 15.4. The monoisotopic (exact) mass is 286 g/mol. The number of rotatable bonds is 3. The van der Waals surface area contributed by atoms with E-state index in [9.17, 15) is 14.0 Å². The highest BCUT2D eigenvalue weighted by atomic mass is 19.1. The van der Waals surface area contributed by atoms with Crippen LogP contribution < -0.4 is 10.2 Å². The number of carbonyl (C=O) groups excluding carboxylic acids is 2. The van der Waals surface area contributed by atoms with Gasteiger partial charge in [-0.1, -0.05) is 24.3 Å². The van der Waals surface area contributed by atoms with Crippen LogP contribution in [0.1, 0.15) is 17.3 Å². The van der Waals surface area contributed by atoms with Crippen molar-refractivity contribution in [1.29, 1.82) is 0 Å². The molecule has 5 heteroatoms. The van der Waals surface area contributed by atoms with Crippen molar-refractivity contribution >= 4 is 23.2 Å². The SMILES string of the molecule is CC(=O)c1cccc(NC(=O)N(C)c2ccccc2F)c1. The maximum Gasteiger partial charge on any atom is 0.326 e. The largest absolute Gasteiger partial charge is 0.326 e. The number of urea groups is 1. The number of benzene rings is 2. The quantitative estimate of drug-likeness (QED) is 0.875. The van der Waals surface area contributed by atoms with Gasteiger partial charge in [0, 0.05) is 18.3 Å². The summed E-state index contributed by atoms with van der Waals surface area (Å²) in [6, 6.07) is 12.1. The third-order valence-electron chi connectivity index (χ3n) is 3.04. The normalized spacial score (nSPS) is 10.0. The molecule has 0 atom stereocenters. The van der Waals surface area contributed by atoms with Gasteiger partial charge in [-0.25, -0.2) is 9.18 Å². The number of nitrogens with zero attached hydrogens (tertiary/aromatic N) is 1. The first-order valence-electron chi connectivity index (χ1n) is 6.39. The topological polar surface area (TPSA) is 49.4 Å². The van der Waals surface area contributed by atoms with Crippen LogP contribution in [0.3, 0.4) is 0 Å². The van der Waals surface area contributed by atoms with Crippen molar-refractivity contribution in [2.75, 3.05) is 17.3 Å². The number of para-hydroxylation sites is 1. The lowest BCUT2D eigenvalue weighted by molar-refractivity contribution is 0.101. The Hall–Kier alpha value is -2.69. The van der Waals surface area contributed by atoms with Crippen molar-refractivity contribution in [1.82, 2.24) is 0 Å². The van der Waals surface area contributed by atoms with Crippen molar-refractivity contribution in [3.8, 4) is 0 Å². The van der Waals surface area contributed by atoms with Gasteiger partial charge in [0.15, 0.2) is 5.78 Å². The molecule has 4 nitrogen and oxygen atoms in total. The summed E-state index contributed by atoms with van der Waals surface area (Å²) in [5.74, 6) is -0.568. The standard InChI is InChI=1S/C16H15FN2O2/c1-11(20)12-6-5-7-13(10-12)18-16(21)19(2)15-9-4-3-8-14(15)17/h3-10H,1-2H3,(H,18,21). The molecule has 0 saturated heterocycles.